The SMILES string of the molecule is CCOc1cc(CN[C@@H](C)c2ccccc2)ccc1OCc1ccc(Cl)cc1Cl. The number of nitrogens with one attached hydrogen (secondary N) is 1. The molecule has 0 spiro atoms. The Kier molecular flexibility index (Phi) is 7.82. The Balaban J connectivity index is 1.66. The lowest BCUT2D eigenvalue weighted by Crippen LogP contribution is -2.18. The quantitative estimate of drug-likeness (QED) is 0.404. The highest BCUT2D eigenvalue weighted by molar-refractivity contribution is 6.35. The molecule has 0 radical (unpaired) electrons. The van der Waals surface area contributed by atoms with Crippen LogP contribution in [0.15, 0.2) is 66.7 Å². The Hall–Kier alpha value is -2.20. The molecular formula is C24H25Cl2NO2. The largest absolute Gasteiger partial charge is 0.490 e. The van der Waals surface area contributed by atoms with Gasteiger partial charge in [0.25, 0.3) is 0 Å². The Morgan fingerprint density at radius 2 is 1.69 bits per heavy atom. The van der Waals surface area contributed by atoms with Crippen molar-refractivity contribution < 1.29 is 9.47 Å². The monoisotopic (exact) mass is 429 g/mol. The fourth-order valence-corrected chi connectivity index (χ4v) is 3.44. The molecular weight excluding hydrogens is 405 g/mol. The van der Waals surface area contributed by atoms with Crippen molar-refractivity contribution in [2.75, 3.05) is 6.61 Å². The first-order valence-corrected chi connectivity index (χ1v) is 10.4. The van der Waals surface area contributed by atoms with E-state index in [1.165, 1.54) is 5.56 Å². The van der Waals surface area contributed by atoms with Crippen molar-refractivity contribution in [3.8, 4) is 11.5 Å². The van der Waals surface area contributed by atoms with Crippen molar-refractivity contribution >= 4 is 23.2 Å². The van der Waals surface area contributed by atoms with E-state index in [4.69, 9.17) is 32.7 Å². The van der Waals surface area contributed by atoms with Crippen LogP contribution in [0, 0.1) is 0 Å². The van der Waals surface area contributed by atoms with Crippen LogP contribution in [-0.4, -0.2) is 6.61 Å². The molecule has 3 aromatic rings. The van der Waals surface area contributed by atoms with E-state index in [1.807, 2.05) is 37.3 Å². The van der Waals surface area contributed by atoms with Gasteiger partial charge in [0, 0.05) is 28.2 Å². The van der Waals surface area contributed by atoms with E-state index in [2.05, 4.69) is 36.5 Å². The maximum Gasteiger partial charge on any atom is 0.161 e. The molecule has 3 nitrogen and oxygen atoms in total. The van der Waals surface area contributed by atoms with E-state index in [9.17, 15) is 0 Å². The van der Waals surface area contributed by atoms with Gasteiger partial charge in [-0.05, 0) is 49.2 Å². The average molecular weight is 430 g/mol. The van der Waals surface area contributed by atoms with Gasteiger partial charge in [-0.25, -0.2) is 0 Å². The molecule has 0 aliphatic carbocycles. The number of rotatable bonds is 9. The number of benzene rings is 3. The maximum atomic E-state index is 6.24. The van der Waals surface area contributed by atoms with E-state index in [-0.39, 0.29) is 6.04 Å². The predicted octanol–water partition coefficient (Wildman–Crippen LogP) is 6.82. The first-order valence-electron chi connectivity index (χ1n) is 9.67. The molecule has 0 saturated heterocycles. The van der Waals surface area contributed by atoms with Crippen molar-refractivity contribution in [1.29, 1.82) is 0 Å². The van der Waals surface area contributed by atoms with E-state index < -0.39 is 0 Å². The van der Waals surface area contributed by atoms with Crippen LogP contribution < -0.4 is 14.8 Å². The van der Waals surface area contributed by atoms with Crippen LogP contribution >= 0.6 is 23.2 Å². The topological polar surface area (TPSA) is 30.5 Å². The minimum atomic E-state index is 0.259. The van der Waals surface area contributed by atoms with Crippen LogP contribution in [0.4, 0.5) is 0 Å². The average Bonchev–Trinajstić information content (AvgIpc) is 2.73. The Morgan fingerprint density at radius 3 is 2.41 bits per heavy atom. The molecule has 3 aromatic carbocycles. The Bertz CT molecular complexity index is 931. The van der Waals surface area contributed by atoms with Gasteiger partial charge in [0.2, 0.25) is 0 Å². The molecule has 3 rings (SSSR count). The summed E-state index contributed by atoms with van der Waals surface area (Å²) in [7, 11) is 0. The second kappa shape index (κ2) is 10.5. The summed E-state index contributed by atoms with van der Waals surface area (Å²) in [6, 6.07) is 22.1. The molecule has 0 aromatic heterocycles. The van der Waals surface area contributed by atoms with E-state index in [0.717, 1.165) is 23.4 Å². The number of ether oxygens (including phenoxy) is 2. The summed E-state index contributed by atoms with van der Waals surface area (Å²) in [5, 5.41) is 4.74. The molecule has 29 heavy (non-hydrogen) atoms. The zero-order chi connectivity index (χ0) is 20.6. The molecule has 0 aliphatic heterocycles. The normalized spacial score (nSPS) is 11.9. The van der Waals surface area contributed by atoms with Gasteiger partial charge in [0.05, 0.1) is 6.61 Å². The van der Waals surface area contributed by atoms with E-state index >= 15 is 0 Å². The first kappa shape index (κ1) is 21.5. The molecule has 0 saturated carbocycles. The third-order valence-corrected chi connectivity index (χ3v) is 5.21. The lowest BCUT2D eigenvalue weighted by atomic mass is 10.1. The Labute approximate surface area is 182 Å². The highest BCUT2D eigenvalue weighted by Crippen LogP contribution is 2.31. The van der Waals surface area contributed by atoms with Crippen molar-refractivity contribution in [1.82, 2.24) is 5.32 Å². The maximum absolute atomic E-state index is 6.24. The van der Waals surface area contributed by atoms with Gasteiger partial charge < -0.3 is 14.8 Å². The third-order valence-electron chi connectivity index (χ3n) is 4.62. The molecule has 1 atom stereocenters. The highest BCUT2D eigenvalue weighted by atomic mass is 35.5. The standard InChI is InChI=1S/C24H25Cl2NO2/c1-3-28-24-13-18(15-27-17(2)19-7-5-4-6-8-19)9-12-23(24)29-16-20-10-11-21(25)14-22(20)26/h4-14,17,27H,3,15-16H2,1-2H3/t17-/m0/s1. The summed E-state index contributed by atoms with van der Waals surface area (Å²) in [5.74, 6) is 1.42. The van der Waals surface area contributed by atoms with Gasteiger partial charge in [-0.15, -0.1) is 0 Å². The summed E-state index contributed by atoms with van der Waals surface area (Å²) < 4.78 is 11.8. The van der Waals surface area contributed by atoms with Gasteiger partial charge >= 0.3 is 0 Å². The second-order valence-electron chi connectivity index (χ2n) is 6.75. The van der Waals surface area contributed by atoms with Crippen molar-refractivity contribution in [2.45, 2.75) is 33.0 Å². The van der Waals surface area contributed by atoms with Crippen LogP contribution in [0.1, 0.15) is 36.6 Å². The second-order valence-corrected chi connectivity index (χ2v) is 7.60. The van der Waals surface area contributed by atoms with Gasteiger partial charge in [-0.3, -0.25) is 0 Å². The molecule has 152 valence electrons. The summed E-state index contributed by atoms with van der Waals surface area (Å²) in [6.07, 6.45) is 0. The smallest absolute Gasteiger partial charge is 0.161 e. The Morgan fingerprint density at radius 1 is 0.897 bits per heavy atom. The fourth-order valence-electron chi connectivity index (χ4n) is 2.97. The van der Waals surface area contributed by atoms with Crippen molar-refractivity contribution in [2.24, 2.45) is 0 Å². The first-order chi connectivity index (χ1) is 14.1. The number of halogens is 2. The minimum absolute atomic E-state index is 0.259. The van der Waals surface area contributed by atoms with Crippen molar-refractivity contribution in [3.63, 3.8) is 0 Å². The van der Waals surface area contributed by atoms with Crippen LogP contribution in [0.25, 0.3) is 0 Å². The van der Waals surface area contributed by atoms with Gasteiger partial charge in [0.1, 0.15) is 6.61 Å². The van der Waals surface area contributed by atoms with Gasteiger partial charge in [-0.2, -0.15) is 0 Å². The summed E-state index contributed by atoms with van der Waals surface area (Å²) >= 11 is 12.2. The zero-order valence-electron chi connectivity index (χ0n) is 16.6. The van der Waals surface area contributed by atoms with E-state index in [0.29, 0.717) is 29.0 Å². The molecule has 0 fully saturated rings. The van der Waals surface area contributed by atoms with Gasteiger partial charge in [-0.1, -0.05) is 65.7 Å². The predicted molar refractivity (Wildman–Crippen MR) is 120 cm³/mol. The number of hydrogen-bond acceptors (Lipinski definition) is 3. The van der Waals surface area contributed by atoms with Crippen LogP contribution in [0.5, 0.6) is 11.5 Å². The minimum Gasteiger partial charge on any atom is -0.490 e. The van der Waals surface area contributed by atoms with Crippen LogP contribution in [0.3, 0.4) is 0 Å². The number of hydrogen-bond donors (Lipinski definition) is 1. The summed E-state index contributed by atoms with van der Waals surface area (Å²) in [5.41, 5.74) is 3.27. The fraction of sp³-hybridized carbons (Fsp3) is 0.250. The van der Waals surface area contributed by atoms with Crippen LogP contribution in [-0.2, 0) is 13.2 Å². The molecule has 1 N–H and O–H groups in total. The molecule has 5 heteroatoms. The molecule has 0 aliphatic rings. The van der Waals surface area contributed by atoms with Crippen molar-refractivity contribution in [3.05, 3.63) is 93.5 Å². The van der Waals surface area contributed by atoms with Crippen LogP contribution in [0.2, 0.25) is 10.0 Å². The molecule has 0 amide bonds. The lowest BCUT2D eigenvalue weighted by molar-refractivity contribution is 0.269. The summed E-state index contributed by atoms with van der Waals surface area (Å²) in [4.78, 5) is 0. The van der Waals surface area contributed by atoms with E-state index in [1.54, 1.807) is 12.1 Å². The summed E-state index contributed by atoms with van der Waals surface area (Å²) in [6.45, 7) is 5.77. The highest BCUT2D eigenvalue weighted by Gasteiger charge is 2.10. The van der Waals surface area contributed by atoms with Gasteiger partial charge in [0.15, 0.2) is 11.5 Å². The lowest BCUT2D eigenvalue weighted by Gasteiger charge is -2.17. The molecule has 0 bridgehead atoms. The molecule has 0 heterocycles. The third kappa shape index (κ3) is 6.14. The molecule has 0 unspecified atom stereocenters. The zero-order valence-corrected chi connectivity index (χ0v) is 18.1.